The molecule has 0 aromatic heterocycles. The lowest BCUT2D eigenvalue weighted by atomic mass is 10.3. The normalized spacial score (nSPS) is 11.3. The molecule has 112 valence electrons. The molecule has 0 fully saturated rings. The van der Waals surface area contributed by atoms with Crippen molar-refractivity contribution in [1.82, 2.24) is 4.72 Å². The minimum Gasteiger partial charge on any atom is -0.488 e. The standard InChI is InChI=1S/C10H14FN3O5S/c1-19-10-8(11)5-7(6-9(10)14(15)16)20(17,18)13-4-2-3-12/h5-6,13H,2-4,12H2,1H3. The van der Waals surface area contributed by atoms with Crippen LogP contribution in [0.3, 0.4) is 0 Å². The van der Waals surface area contributed by atoms with E-state index in [1.165, 1.54) is 0 Å². The zero-order valence-electron chi connectivity index (χ0n) is 10.6. The van der Waals surface area contributed by atoms with E-state index in [9.17, 15) is 22.9 Å². The number of nitro benzene ring substituents is 1. The molecule has 0 radical (unpaired) electrons. The van der Waals surface area contributed by atoms with Crippen LogP contribution in [0.1, 0.15) is 6.42 Å². The average molecular weight is 307 g/mol. The third-order valence-corrected chi connectivity index (χ3v) is 3.82. The van der Waals surface area contributed by atoms with Gasteiger partial charge in [-0.2, -0.15) is 0 Å². The summed E-state index contributed by atoms with van der Waals surface area (Å²) in [5, 5.41) is 10.8. The number of hydrogen-bond acceptors (Lipinski definition) is 6. The molecule has 0 aliphatic heterocycles. The van der Waals surface area contributed by atoms with E-state index >= 15 is 0 Å². The third-order valence-electron chi connectivity index (χ3n) is 2.38. The maximum Gasteiger partial charge on any atom is 0.315 e. The quantitative estimate of drug-likeness (QED) is 0.426. The van der Waals surface area contributed by atoms with Crippen molar-refractivity contribution in [2.24, 2.45) is 5.73 Å². The number of benzene rings is 1. The molecule has 0 aliphatic carbocycles. The smallest absolute Gasteiger partial charge is 0.315 e. The van der Waals surface area contributed by atoms with Gasteiger partial charge in [-0.05, 0) is 19.0 Å². The number of nitro groups is 1. The molecule has 20 heavy (non-hydrogen) atoms. The number of nitrogens with zero attached hydrogens (tertiary/aromatic N) is 1. The highest BCUT2D eigenvalue weighted by atomic mass is 32.2. The van der Waals surface area contributed by atoms with E-state index < -0.39 is 37.1 Å². The molecule has 0 amide bonds. The lowest BCUT2D eigenvalue weighted by Gasteiger charge is -2.08. The van der Waals surface area contributed by atoms with Gasteiger partial charge in [0.2, 0.25) is 15.8 Å². The van der Waals surface area contributed by atoms with Gasteiger partial charge in [-0.1, -0.05) is 0 Å². The fourth-order valence-electron chi connectivity index (χ4n) is 1.44. The zero-order chi connectivity index (χ0) is 15.3. The van der Waals surface area contributed by atoms with Gasteiger partial charge in [-0.3, -0.25) is 10.1 Å². The van der Waals surface area contributed by atoms with Crippen LogP contribution >= 0.6 is 0 Å². The first-order valence-electron chi connectivity index (χ1n) is 5.55. The van der Waals surface area contributed by atoms with Gasteiger partial charge in [0.25, 0.3) is 0 Å². The van der Waals surface area contributed by atoms with Crippen LogP contribution in [0.15, 0.2) is 17.0 Å². The largest absolute Gasteiger partial charge is 0.488 e. The van der Waals surface area contributed by atoms with E-state index in [0.29, 0.717) is 12.5 Å². The Hall–Kier alpha value is -1.78. The zero-order valence-corrected chi connectivity index (χ0v) is 11.4. The minimum atomic E-state index is -4.04. The highest BCUT2D eigenvalue weighted by molar-refractivity contribution is 7.89. The summed E-state index contributed by atoms with van der Waals surface area (Å²) in [5.74, 6) is -1.74. The van der Waals surface area contributed by atoms with Crippen LogP contribution in [0.2, 0.25) is 0 Å². The molecule has 0 unspecified atom stereocenters. The molecule has 10 heteroatoms. The fourth-order valence-corrected chi connectivity index (χ4v) is 2.54. The van der Waals surface area contributed by atoms with E-state index in [4.69, 9.17) is 5.73 Å². The Morgan fingerprint density at radius 1 is 1.50 bits per heavy atom. The Bertz CT molecular complexity index is 605. The molecule has 0 spiro atoms. The second-order valence-electron chi connectivity index (χ2n) is 3.75. The Labute approximate surface area is 114 Å². The number of halogens is 1. The van der Waals surface area contributed by atoms with Gasteiger partial charge in [-0.15, -0.1) is 0 Å². The molecular formula is C10H14FN3O5S. The summed E-state index contributed by atoms with van der Waals surface area (Å²) in [6.45, 7) is 0.333. The number of methoxy groups -OCH3 is 1. The first kappa shape index (κ1) is 16.3. The second-order valence-corrected chi connectivity index (χ2v) is 5.52. The van der Waals surface area contributed by atoms with Crippen molar-refractivity contribution in [1.29, 1.82) is 0 Å². The van der Waals surface area contributed by atoms with Gasteiger partial charge in [0.1, 0.15) is 0 Å². The summed E-state index contributed by atoms with van der Waals surface area (Å²) in [4.78, 5) is 9.34. The molecule has 0 saturated heterocycles. The van der Waals surface area contributed by atoms with Gasteiger partial charge in [0.05, 0.1) is 16.9 Å². The first-order valence-corrected chi connectivity index (χ1v) is 7.03. The van der Waals surface area contributed by atoms with Gasteiger partial charge >= 0.3 is 5.69 Å². The maximum atomic E-state index is 13.6. The summed E-state index contributed by atoms with van der Waals surface area (Å²) in [5.41, 5.74) is 4.46. The molecule has 1 rings (SSSR count). The van der Waals surface area contributed by atoms with E-state index in [-0.39, 0.29) is 13.1 Å². The lowest BCUT2D eigenvalue weighted by molar-refractivity contribution is -0.386. The Morgan fingerprint density at radius 2 is 2.15 bits per heavy atom. The van der Waals surface area contributed by atoms with Crippen LogP contribution in [-0.2, 0) is 10.0 Å². The number of ether oxygens (including phenoxy) is 1. The number of nitrogens with two attached hydrogens (primary N) is 1. The molecule has 8 nitrogen and oxygen atoms in total. The molecule has 3 N–H and O–H groups in total. The molecular weight excluding hydrogens is 293 g/mol. The summed E-state index contributed by atoms with van der Waals surface area (Å²) in [6.07, 6.45) is 0.389. The molecule has 0 aliphatic rings. The van der Waals surface area contributed by atoms with Gasteiger partial charge in [-0.25, -0.2) is 17.5 Å². The van der Waals surface area contributed by atoms with Crippen LogP contribution in [0.5, 0.6) is 5.75 Å². The van der Waals surface area contributed by atoms with Crippen LogP contribution in [0.4, 0.5) is 10.1 Å². The molecule has 1 aromatic carbocycles. The third kappa shape index (κ3) is 3.62. The SMILES string of the molecule is COc1c(F)cc(S(=O)(=O)NCCCN)cc1[N+](=O)[O-]. The predicted molar refractivity (Wildman–Crippen MR) is 68.5 cm³/mol. The summed E-state index contributed by atoms with van der Waals surface area (Å²) >= 11 is 0. The second kappa shape index (κ2) is 6.59. The van der Waals surface area contributed by atoms with E-state index in [1.807, 2.05) is 0 Å². The van der Waals surface area contributed by atoms with Crippen molar-refractivity contribution in [2.45, 2.75) is 11.3 Å². The number of rotatable bonds is 7. The van der Waals surface area contributed by atoms with E-state index in [1.54, 1.807) is 0 Å². The van der Waals surface area contributed by atoms with Gasteiger partial charge < -0.3 is 10.5 Å². The Balaban J connectivity index is 3.23. The maximum absolute atomic E-state index is 13.6. The summed E-state index contributed by atoms with van der Waals surface area (Å²) in [6, 6.07) is 1.41. The van der Waals surface area contributed by atoms with Crippen LogP contribution < -0.4 is 15.2 Å². The van der Waals surface area contributed by atoms with E-state index in [0.717, 1.165) is 13.2 Å². The van der Waals surface area contributed by atoms with Gasteiger partial charge in [0, 0.05) is 12.6 Å². The Kier molecular flexibility index (Phi) is 5.36. The highest BCUT2D eigenvalue weighted by Crippen LogP contribution is 2.32. The topological polar surface area (TPSA) is 125 Å². The average Bonchev–Trinajstić information content (AvgIpc) is 2.37. The van der Waals surface area contributed by atoms with E-state index in [2.05, 4.69) is 9.46 Å². The minimum absolute atomic E-state index is 0.0558. The molecule has 0 bridgehead atoms. The summed E-state index contributed by atoms with van der Waals surface area (Å²) in [7, 11) is -2.99. The number of nitrogens with one attached hydrogen (secondary N) is 1. The highest BCUT2D eigenvalue weighted by Gasteiger charge is 2.25. The fraction of sp³-hybridized carbons (Fsp3) is 0.400. The van der Waals surface area contributed by atoms with Crippen LogP contribution in [0, 0.1) is 15.9 Å². The molecule has 0 heterocycles. The van der Waals surface area contributed by atoms with Gasteiger partial charge in [0.15, 0.2) is 5.82 Å². The van der Waals surface area contributed by atoms with Crippen LogP contribution in [0.25, 0.3) is 0 Å². The van der Waals surface area contributed by atoms with Crippen molar-refractivity contribution in [2.75, 3.05) is 20.2 Å². The van der Waals surface area contributed by atoms with Crippen molar-refractivity contribution < 1.29 is 22.5 Å². The molecule has 0 atom stereocenters. The van der Waals surface area contributed by atoms with Crippen molar-refractivity contribution >= 4 is 15.7 Å². The predicted octanol–water partition coefficient (Wildman–Crippen LogP) is 0.370. The first-order chi connectivity index (χ1) is 9.33. The number of hydrogen-bond donors (Lipinski definition) is 2. The van der Waals surface area contributed by atoms with Crippen molar-refractivity contribution in [3.63, 3.8) is 0 Å². The van der Waals surface area contributed by atoms with Crippen molar-refractivity contribution in [3.8, 4) is 5.75 Å². The van der Waals surface area contributed by atoms with Crippen LogP contribution in [-0.4, -0.2) is 33.5 Å². The molecule has 1 aromatic rings. The monoisotopic (exact) mass is 307 g/mol. The number of sulfonamides is 1. The summed E-state index contributed by atoms with van der Waals surface area (Å²) < 4.78 is 44.1. The Morgan fingerprint density at radius 3 is 2.65 bits per heavy atom. The lowest BCUT2D eigenvalue weighted by Crippen LogP contribution is -2.26. The van der Waals surface area contributed by atoms with Crippen molar-refractivity contribution in [3.05, 3.63) is 28.1 Å². The molecule has 0 saturated carbocycles.